The van der Waals surface area contributed by atoms with Gasteiger partial charge in [-0.2, -0.15) is 0 Å². The van der Waals surface area contributed by atoms with Crippen molar-refractivity contribution < 1.29 is 23.2 Å². The minimum atomic E-state index is -4.16. The van der Waals surface area contributed by atoms with Crippen LogP contribution in [0.2, 0.25) is 0 Å². The van der Waals surface area contributed by atoms with E-state index in [1.54, 1.807) is 54.9 Å². The molecule has 0 aromatic heterocycles. The van der Waals surface area contributed by atoms with Crippen LogP contribution in [0, 0.1) is 0 Å². The van der Waals surface area contributed by atoms with Gasteiger partial charge < -0.3 is 10.1 Å². The van der Waals surface area contributed by atoms with Crippen LogP contribution in [-0.4, -0.2) is 36.9 Å². The Morgan fingerprint density at radius 3 is 2.52 bits per heavy atom. The van der Waals surface area contributed by atoms with Crippen LogP contribution >= 0.6 is 0 Å². The first-order chi connectivity index (χ1) is 12.9. The molecule has 7 nitrogen and oxygen atoms in total. The lowest BCUT2D eigenvalue weighted by atomic mass is 9.91. The van der Waals surface area contributed by atoms with Crippen LogP contribution in [0.5, 0.6) is 11.5 Å². The highest BCUT2D eigenvalue weighted by atomic mass is 32.2. The van der Waals surface area contributed by atoms with E-state index in [-0.39, 0.29) is 29.5 Å². The SMILES string of the molecule is CC1CC(C(=O)NO)(S(=O)(=O)c2ccccc2Oc2ccccc2)CCN1. The summed E-state index contributed by atoms with van der Waals surface area (Å²) in [6, 6.07) is 14.8. The Balaban J connectivity index is 2.09. The van der Waals surface area contributed by atoms with Crippen LogP contribution < -0.4 is 15.5 Å². The molecule has 0 spiro atoms. The molecule has 2 atom stereocenters. The molecule has 1 aliphatic heterocycles. The number of carbonyl (C=O) groups is 1. The standard InChI is InChI=1S/C19H22N2O5S/c1-14-13-19(11-12-20-14,18(22)21-23)27(24,25)17-10-6-5-9-16(17)26-15-7-3-2-4-8-15/h2-10,14,20,23H,11-13H2,1H3,(H,21,22). The molecule has 3 N–H and O–H groups in total. The molecule has 2 aromatic rings. The van der Waals surface area contributed by atoms with Gasteiger partial charge in [-0.15, -0.1) is 0 Å². The Kier molecular flexibility index (Phi) is 5.50. The fourth-order valence-electron chi connectivity index (χ4n) is 3.45. The molecule has 2 unspecified atom stereocenters. The molecular weight excluding hydrogens is 368 g/mol. The highest BCUT2D eigenvalue weighted by molar-refractivity contribution is 7.93. The summed E-state index contributed by atoms with van der Waals surface area (Å²) in [7, 11) is -4.16. The van der Waals surface area contributed by atoms with E-state index in [4.69, 9.17) is 4.74 Å². The maximum absolute atomic E-state index is 13.6. The molecule has 8 heteroatoms. The first-order valence-corrected chi connectivity index (χ1v) is 10.1. The van der Waals surface area contributed by atoms with E-state index in [1.807, 2.05) is 6.07 Å². The minimum absolute atomic E-state index is 0.0431. The molecule has 27 heavy (non-hydrogen) atoms. The third kappa shape index (κ3) is 3.55. The van der Waals surface area contributed by atoms with Gasteiger partial charge >= 0.3 is 0 Å². The topological polar surface area (TPSA) is 105 Å². The highest BCUT2D eigenvalue weighted by Crippen LogP contribution is 2.40. The monoisotopic (exact) mass is 390 g/mol. The van der Waals surface area contributed by atoms with Gasteiger partial charge in [-0.3, -0.25) is 10.0 Å². The number of hydrogen-bond acceptors (Lipinski definition) is 6. The van der Waals surface area contributed by atoms with E-state index in [9.17, 15) is 18.4 Å². The van der Waals surface area contributed by atoms with E-state index in [0.29, 0.717) is 12.3 Å². The smallest absolute Gasteiger partial charge is 0.265 e. The van der Waals surface area contributed by atoms with Gasteiger partial charge in [0.15, 0.2) is 14.6 Å². The molecule has 2 aromatic carbocycles. The van der Waals surface area contributed by atoms with Crippen molar-refractivity contribution in [1.82, 2.24) is 10.8 Å². The largest absolute Gasteiger partial charge is 0.456 e. The maximum atomic E-state index is 13.6. The Hall–Kier alpha value is -2.42. The van der Waals surface area contributed by atoms with Gasteiger partial charge in [0.1, 0.15) is 16.4 Å². The zero-order valence-corrected chi connectivity index (χ0v) is 15.7. The lowest BCUT2D eigenvalue weighted by molar-refractivity contribution is -0.132. The van der Waals surface area contributed by atoms with Crippen LogP contribution in [0.25, 0.3) is 0 Å². The predicted octanol–water partition coefficient (Wildman–Crippen LogP) is 2.27. The fourth-order valence-corrected chi connectivity index (χ4v) is 5.63. The number of benzene rings is 2. The van der Waals surface area contributed by atoms with Crippen molar-refractivity contribution in [3.8, 4) is 11.5 Å². The highest BCUT2D eigenvalue weighted by Gasteiger charge is 2.54. The average Bonchev–Trinajstić information content (AvgIpc) is 2.68. The second-order valence-corrected chi connectivity index (χ2v) is 8.84. The van der Waals surface area contributed by atoms with E-state index >= 15 is 0 Å². The van der Waals surface area contributed by atoms with Crippen molar-refractivity contribution in [2.24, 2.45) is 0 Å². The molecule has 0 radical (unpaired) electrons. The van der Waals surface area contributed by atoms with Crippen LogP contribution in [-0.2, 0) is 14.6 Å². The molecule has 1 saturated heterocycles. The number of carbonyl (C=O) groups excluding carboxylic acids is 1. The first-order valence-electron chi connectivity index (χ1n) is 8.65. The second kappa shape index (κ2) is 7.67. The lowest BCUT2D eigenvalue weighted by Crippen LogP contribution is -2.59. The van der Waals surface area contributed by atoms with Crippen LogP contribution in [0.3, 0.4) is 0 Å². The summed E-state index contributed by atoms with van der Waals surface area (Å²) in [6.45, 7) is 2.15. The number of hydroxylamine groups is 1. The summed E-state index contributed by atoms with van der Waals surface area (Å²) in [5, 5.41) is 12.4. The van der Waals surface area contributed by atoms with Crippen LogP contribution in [0.15, 0.2) is 59.5 Å². The number of nitrogens with one attached hydrogen (secondary N) is 2. The summed E-state index contributed by atoms with van der Waals surface area (Å²) in [5.41, 5.74) is 1.55. The second-order valence-electron chi connectivity index (χ2n) is 6.61. The van der Waals surface area contributed by atoms with Gasteiger partial charge in [0, 0.05) is 6.04 Å². The number of ether oxygens (including phenoxy) is 1. The van der Waals surface area contributed by atoms with Gasteiger partial charge in [0.25, 0.3) is 5.91 Å². The summed E-state index contributed by atoms with van der Waals surface area (Å²) >= 11 is 0. The van der Waals surface area contributed by atoms with Crippen molar-refractivity contribution >= 4 is 15.7 Å². The molecule has 3 rings (SSSR count). The summed E-state index contributed by atoms with van der Waals surface area (Å²) in [4.78, 5) is 12.4. The molecule has 1 amide bonds. The predicted molar refractivity (Wildman–Crippen MR) is 99.5 cm³/mol. The van der Waals surface area contributed by atoms with Gasteiger partial charge in [-0.05, 0) is 50.6 Å². The Morgan fingerprint density at radius 1 is 1.19 bits per heavy atom. The van der Waals surface area contributed by atoms with Gasteiger partial charge in [0.05, 0.1) is 0 Å². The molecule has 144 valence electrons. The van der Waals surface area contributed by atoms with Crippen molar-refractivity contribution in [3.05, 3.63) is 54.6 Å². The third-order valence-corrected chi connectivity index (χ3v) is 7.30. The molecule has 1 aliphatic rings. The Morgan fingerprint density at radius 2 is 1.85 bits per heavy atom. The third-order valence-electron chi connectivity index (χ3n) is 4.80. The Labute approximate surface area is 158 Å². The van der Waals surface area contributed by atoms with Crippen molar-refractivity contribution in [3.63, 3.8) is 0 Å². The molecule has 0 bridgehead atoms. The van der Waals surface area contributed by atoms with Gasteiger partial charge in [-0.1, -0.05) is 30.3 Å². The number of rotatable bonds is 5. The van der Waals surface area contributed by atoms with Gasteiger partial charge in [0.2, 0.25) is 0 Å². The molecule has 0 saturated carbocycles. The normalized spacial score (nSPS) is 22.8. The number of amides is 1. The van der Waals surface area contributed by atoms with Crippen molar-refractivity contribution in [2.75, 3.05) is 6.54 Å². The van der Waals surface area contributed by atoms with E-state index < -0.39 is 20.5 Å². The van der Waals surface area contributed by atoms with E-state index in [0.717, 1.165) is 0 Å². The Bertz CT molecular complexity index is 917. The minimum Gasteiger partial charge on any atom is -0.456 e. The maximum Gasteiger partial charge on any atom is 0.265 e. The molecule has 1 heterocycles. The van der Waals surface area contributed by atoms with Crippen molar-refractivity contribution in [1.29, 1.82) is 0 Å². The first kappa shape index (κ1) is 19.3. The summed E-state index contributed by atoms with van der Waals surface area (Å²) < 4.78 is 31.2. The fraction of sp³-hybridized carbons (Fsp3) is 0.316. The van der Waals surface area contributed by atoms with Crippen molar-refractivity contribution in [2.45, 2.75) is 35.4 Å². The quantitative estimate of drug-likeness (QED) is 0.534. The molecular formula is C19H22N2O5S. The summed E-state index contributed by atoms with van der Waals surface area (Å²) in [5.74, 6) is -0.301. The number of para-hydroxylation sites is 2. The van der Waals surface area contributed by atoms with E-state index in [2.05, 4.69) is 5.32 Å². The van der Waals surface area contributed by atoms with Crippen LogP contribution in [0.4, 0.5) is 0 Å². The lowest BCUT2D eigenvalue weighted by Gasteiger charge is -2.38. The zero-order chi connectivity index (χ0) is 19.5. The molecule has 0 aliphatic carbocycles. The van der Waals surface area contributed by atoms with Gasteiger partial charge in [-0.25, -0.2) is 13.9 Å². The summed E-state index contributed by atoms with van der Waals surface area (Å²) in [6.07, 6.45) is 0.0904. The average molecular weight is 390 g/mol. The molecule has 1 fully saturated rings. The number of sulfone groups is 1. The number of piperidine rings is 1. The zero-order valence-electron chi connectivity index (χ0n) is 14.9. The number of hydrogen-bond donors (Lipinski definition) is 3. The van der Waals surface area contributed by atoms with E-state index in [1.165, 1.54) is 6.07 Å². The van der Waals surface area contributed by atoms with Crippen LogP contribution in [0.1, 0.15) is 19.8 Å².